The van der Waals surface area contributed by atoms with Crippen molar-refractivity contribution in [1.29, 1.82) is 0 Å². The summed E-state index contributed by atoms with van der Waals surface area (Å²) < 4.78 is 20.1. The standard InChI is InChI=1S/C23H31FN4O/c1-23(2)13-20(18-8-6-7-9-21(18)29-23)27-22(25-3)26-14-16-10-11-19(24)17(12-16)15-28(4)5/h6-12,20H,13-15H2,1-5H3,(H2,25,26,27). The molecule has 0 aromatic heterocycles. The molecule has 29 heavy (non-hydrogen) atoms. The van der Waals surface area contributed by atoms with E-state index in [9.17, 15) is 4.39 Å². The van der Waals surface area contributed by atoms with Gasteiger partial charge in [-0.3, -0.25) is 4.99 Å². The number of benzene rings is 2. The second-order valence-electron chi connectivity index (χ2n) is 8.39. The normalized spacial score (nSPS) is 18.2. The Morgan fingerprint density at radius 1 is 1.24 bits per heavy atom. The van der Waals surface area contributed by atoms with E-state index < -0.39 is 0 Å². The summed E-state index contributed by atoms with van der Waals surface area (Å²) in [4.78, 5) is 6.34. The first-order valence-corrected chi connectivity index (χ1v) is 9.94. The van der Waals surface area contributed by atoms with E-state index in [0.717, 1.165) is 23.3 Å². The van der Waals surface area contributed by atoms with E-state index in [4.69, 9.17) is 4.74 Å². The average Bonchev–Trinajstić information content (AvgIpc) is 2.66. The molecule has 3 rings (SSSR count). The molecule has 0 aliphatic carbocycles. The first-order valence-electron chi connectivity index (χ1n) is 9.94. The van der Waals surface area contributed by atoms with Gasteiger partial charge in [0.15, 0.2) is 5.96 Å². The second-order valence-corrected chi connectivity index (χ2v) is 8.39. The van der Waals surface area contributed by atoms with E-state index in [1.54, 1.807) is 7.05 Å². The minimum atomic E-state index is -0.261. The molecule has 2 aromatic rings. The van der Waals surface area contributed by atoms with Crippen LogP contribution in [0.1, 0.15) is 43.0 Å². The van der Waals surface area contributed by atoms with E-state index in [2.05, 4.69) is 35.5 Å². The predicted molar refractivity (Wildman–Crippen MR) is 116 cm³/mol. The van der Waals surface area contributed by atoms with Gasteiger partial charge in [0.05, 0.1) is 6.04 Å². The topological polar surface area (TPSA) is 48.9 Å². The number of ether oxygens (including phenoxy) is 1. The lowest BCUT2D eigenvalue weighted by molar-refractivity contribution is 0.0694. The Bertz CT molecular complexity index is 879. The van der Waals surface area contributed by atoms with Gasteiger partial charge in [0.1, 0.15) is 17.2 Å². The molecule has 6 heteroatoms. The van der Waals surface area contributed by atoms with Gasteiger partial charge < -0.3 is 20.3 Å². The number of hydrogen-bond acceptors (Lipinski definition) is 3. The van der Waals surface area contributed by atoms with Gasteiger partial charge in [0, 0.05) is 37.7 Å². The van der Waals surface area contributed by atoms with Crippen LogP contribution in [0.5, 0.6) is 5.75 Å². The lowest BCUT2D eigenvalue weighted by Crippen LogP contribution is -2.45. The van der Waals surface area contributed by atoms with Crippen molar-refractivity contribution >= 4 is 5.96 Å². The highest BCUT2D eigenvalue weighted by Crippen LogP contribution is 2.39. The Labute approximate surface area is 173 Å². The minimum Gasteiger partial charge on any atom is -0.487 e. The maximum absolute atomic E-state index is 14.0. The van der Waals surface area contributed by atoms with Crippen LogP contribution in [0.15, 0.2) is 47.5 Å². The van der Waals surface area contributed by atoms with Crippen LogP contribution in [-0.2, 0) is 13.1 Å². The predicted octanol–water partition coefficient (Wildman–Crippen LogP) is 3.85. The fraction of sp³-hybridized carbons (Fsp3) is 0.435. The van der Waals surface area contributed by atoms with Gasteiger partial charge in [-0.1, -0.05) is 24.3 Å². The molecule has 0 spiro atoms. The molecule has 0 bridgehead atoms. The van der Waals surface area contributed by atoms with E-state index in [1.807, 2.05) is 49.3 Å². The zero-order valence-electron chi connectivity index (χ0n) is 17.9. The minimum absolute atomic E-state index is 0.0960. The van der Waals surface area contributed by atoms with Gasteiger partial charge in [0.25, 0.3) is 0 Å². The Morgan fingerprint density at radius 3 is 2.72 bits per heavy atom. The summed E-state index contributed by atoms with van der Waals surface area (Å²) in [6.07, 6.45) is 0.828. The summed E-state index contributed by atoms with van der Waals surface area (Å²) in [6.45, 7) is 5.33. The smallest absolute Gasteiger partial charge is 0.191 e. The highest BCUT2D eigenvalue weighted by Gasteiger charge is 2.33. The van der Waals surface area contributed by atoms with E-state index in [-0.39, 0.29) is 17.5 Å². The highest BCUT2D eigenvalue weighted by molar-refractivity contribution is 5.80. The van der Waals surface area contributed by atoms with Crippen molar-refractivity contribution in [3.63, 3.8) is 0 Å². The van der Waals surface area contributed by atoms with Crippen LogP contribution in [0, 0.1) is 5.82 Å². The molecule has 0 radical (unpaired) electrons. The van der Waals surface area contributed by atoms with Crippen molar-refractivity contribution < 1.29 is 9.13 Å². The van der Waals surface area contributed by atoms with Gasteiger partial charge >= 0.3 is 0 Å². The van der Waals surface area contributed by atoms with E-state index >= 15 is 0 Å². The molecule has 0 fully saturated rings. The lowest BCUT2D eigenvalue weighted by atomic mass is 9.90. The lowest BCUT2D eigenvalue weighted by Gasteiger charge is -2.38. The maximum Gasteiger partial charge on any atom is 0.191 e. The van der Waals surface area contributed by atoms with Crippen LogP contribution >= 0.6 is 0 Å². The fourth-order valence-electron chi connectivity index (χ4n) is 3.68. The Morgan fingerprint density at radius 2 is 2.00 bits per heavy atom. The van der Waals surface area contributed by atoms with Crippen LogP contribution in [0.3, 0.4) is 0 Å². The first kappa shape index (κ1) is 21.1. The zero-order chi connectivity index (χ0) is 21.0. The van der Waals surface area contributed by atoms with Gasteiger partial charge in [-0.25, -0.2) is 4.39 Å². The van der Waals surface area contributed by atoms with Crippen LogP contribution in [-0.4, -0.2) is 37.6 Å². The summed E-state index contributed by atoms with van der Waals surface area (Å²) in [5.74, 6) is 1.44. The third kappa shape index (κ3) is 5.48. The number of guanidine groups is 1. The molecule has 2 N–H and O–H groups in total. The van der Waals surface area contributed by atoms with Gasteiger partial charge in [-0.2, -0.15) is 0 Å². The van der Waals surface area contributed by atoms with Gasteiger partial charge in [-0.05, 0) is 51.7 Å². The summed E-state index contributed by atoms with van der Waals surface area (Å²) >= 11 is 0. The molecule has 0 saturated heterocycles. The van der Waals surface area contributed by atoms with Crippen LogP contribution in [0.2, 0.25) is 0 Å². The van der Waals surface area contributed by atoms with Crippen LogP contribution < -0.4 is 15.4 Å². The van der Waals surface area contributed by atoms with Crippen molar-refractivity contribution in [3.05, 3.63) is 65.0 Å². The number of rotatable bonds is 5. The number of hydrogen-bond donors (Lipinski definition) is 2. The third-order valence-electron chi connectivity index (χ3n) is 4.97. The number of para-hydroxylation sites is 1. The van der Waals surface area contributed by atoms with Crippen LogP contribution in [0.25, 0.3) is 0 Å². The molecule has 1 unspecified atom stereocenters. The fourth-order valence-corrected chi connectivity index (χ4v) is 3.68. The Balaban J connectivity index is 1.69. The monoisotopic (exact) mass is 398 g/mol. The number of aliphatic imine (C=N–C) groups is 1. The number of fused-ring (bicyclic) bond motifs is 1. The van der Waals surface area contributed by atoms with Crippen molar-refractivity contribution in [2.45, 2.75) is 45.0 Å². The van der Waals surface area contributed by atoms with E-state index in [0.29, 0.717) is 24.6 Å². The number of nitrogens with zero attached hydrogens (tertiary/aromatic N) is 2. The largest absolute Gasteiger partial charge is 0.487 e. The highest BCUT2D eigenvalue weighted by atomic mass is 19.1. The summed E-state index contributed by atoms with van der Waals surface area (Å²) in [5.41, 5.74) is 2.57. The van der Waals surface area contributed by atoms with Crippen molar-refractivity contribution in [2.24, 2.45) is 4.99 Å². The number of nitrogens with one attached hydrogen (secondary N) is 2. The molecule has 1 atom stereocenters. The Kier molecular flexibility index (Phi) is 6.42. The molecule has 2 aromatic carbocycles. The first-order chi connectivity index (χ1) is 13.8. The zero-order valence-corrected chi connectivity index (χ0v) is 17.9. The van der Waals surface area contributed by atoms with Crippen molar-refractivity contribution in [3.8, 4) is 5.75 Å². The van der Waals surface area contributed by atoms with Crippen LogP contribution in [0.4, 0.5) is 4.39 Å². The molecular weight excluding hydrogens is 367 g/mol. The molecular formula is C23H31FN4O. The average molecular weight is 399 g/mol. The maximum atomic E-state index is 14.0. The van der Waals surface area contributed by atoms with Gasteiger partial charge in [-0.15, -0.1) is 0 Å². The van der Waals surface area contributed by atoms with Gasteiger partial charge in [0.2, 0.25) is 0 Å². The summed E-state index contributed by atoms with van der Waals surface area (Å²) in [5, 5.41) is 6.88. The summed E-state index contributed by atoms with van der Waals surface area (Å²) in [6, 6.07) is 13.4. The molecule has 5 nitrogen and oxygen atoms in total. The second kappa shape index (κ2) is 8.82. The SMILES string of the molecule is CN=C(NCc1ccc(F)c(CN(C)C)c1)NC1CC(C)(C)Oc2ccccc21. The van der Waals surface area contributed by atoms with Crippen molar-refractivity contribution in [2.75, 3.05) is 21.1 Å². The summed E-state index contributed by atoms with van der Waals surface area (Å²) in [7, 11) is 5.63. The van der Waals surface area contributed by atoms with Crippen molar-refractivity contribution in [1.82, 2.24) is 15.5 Å². The molecule has 0 amide bonds. The molecule has 0 saturated carbocycles. The Hall–Kier alpha value is -2.60. The van der Waals surface area contributed by atoms with E-state index in [1.165, 1.54) is 6.07 Å². The number of halogens is 1. The molecule has 1 aliphatic rings. The molecule has 156 valence electrons. The molecule has 1 aliphatic heterocycles. The molecule has 1 heterocycles. The quantitative estimate of drug-likeness (QED) is 0.593. The third-order valence-corrected chi connectivity index (χ3v) is 4.97.